The summed E-state index contributed by atoms with van der Waals surface area (Å²) >= 11 is 0. The molecule has 1 unspecified atom stereocenters. The lowest BCUT2D eigenvalue weighted by molar-refractivity contribution is 0.539. The molecule has 2 aromatic rings. The van der Waals surface area contributed by atoms with Crippen LogP contribution in [0.1, 0.15) is 17.2 Å². The molecule has 5 heteroatoms. The lowest BCUT2D eigenvalue weighted by Crippen LogP contribution is -2.29. The summed E-state index contributed by atoms with van der Waals surface area (Å²) in [5.41, 5.74) is 3.01. The smallest absolute Gasteiger partial charge is 0.131 e. The molecular formula is C13H11F3N2. The van der Waals surface area contributed by atoms with Crippen LogP contribution in [0.25, 0.3) is 0 Å². The van der Waals surface area contributed by atoms with E-state index in [-0.39, 0.29) is 5.56 Å². The van der Waals surface area contributed by atoms with Gasteiger partial charge >= 0.3 is 0 Å². The number of hydrazine groups is 1. The first-order chi connectivity index (χ1) is 8.61. The molecule has 0 amide bonds. The van der Waals surface area contributed by atoms with Crippen LogP contribution in [0.2, 0.25) is 0 Å². The number of rotatable bonds is 3. The van der Waals surface area contributed by atoms with Gasteiger partial charge in [-0.2, -0.15) is 0 Å². The Morgan fingerprint density at radius 2 is 1.67 bits per heavy atom. The van der Waals surface area contributed by atoms with Gasteiger partial charge in [0, 0.05) is 11.6 Å². The van der Waals surface area contributed by atoms with E-state index in [9.17, 15) is 13.2 Å². The van der Waals surface area contributed by atoms with E-state index >= 15 is 0 Å². The molecule has 2 nitrogen and oxygen atoms in total. The van der Waals surface area contributed by atoms with Gasteiger partial charge in [0.25, 0.3) is 0 Å². The normalized spacial score (nSPS) is 12.4. The molecule has 3 N–H and O–H groups in total. The SMILES string of the molecule is NNC(c1cccc(F)c1)c1ccc(F)cc1F. The summed E-state index contributed by atoms with van der Waals surface area (Å²) in [6.45, 7) is 0. The molecule has 0 aromatic heterocycles. The average Bonchev–Trinajstić information content (AvgIpc) is 2.33. The maximum absolute atomic E-state index is 13.6. The minimum atomic E-state index is -0.735. The molecule has 94 valence electrons. The van der Waals surface area contributed by atoms with E-state index < -0.39 is 23.5 Å². The van der Waals surface area contributed by atoms with Crippen LogP contribution in [0, 0.1) is 17.5 Å². The summed E-state index contributed by atoms with van der Waals surface area (Å²) in [6.07, 6.45) is 0. The van der Waals surface area contributed by atoms with Crippen molar-refractivity contribution in [2.24, 2.45) is 5.84 Å². The van der Waals surface area contributed by atoms with Gasteiger partial charge < -0.3 is 0 Å². The molecule has 18 heavy (non-hydrogen) atoms. The highest BCUT2D eigenvalue weighted by atomic mass is 19.1. The number of benzene rings is 2. The third kappa shape index (κ3) is 2.52. The molecule has 0 heterocycles. The Balaban J connectivity index is 2.45. The molecule has 0 aliphatic rings. The van der Waals surface area contributed by atoms with Crippen LogP contribution in [0.3, 0.4) is 0 Å². The first-order valence-corrected chi connectivity index (χ1v) is 5.28. The van der Waals surface area contributed by atoms with E-state index in [0.717, 1.165) is 12.1 Å². The maximum atomic E-state index is 13.6. The third-order valence-corrected chi connectivity index (χ3v) is 2.62. The van der Waals surface area contributed by atoms with E-state index in [4.69, 9.17) is 5.84 Å². The molecule has 0 saturated heterocycles. The third-order valence-electron chi connectivity index (χ3n) is 2.62. The van der Waals surface area contributed by atoms with Gasteiger partial charge in [-0.1, -0.05) is 18.2 Å². The summed E-state index contributed by atoms with van der Waals surface area (Å²) in [5.74, 6) is 3.50. The van der Waals surface area contributed by atoms with E-state index in [1.54, 1.807) is 6.07 Å². The summed E-state index contributed by atoms with van der Waals surface area (Å²) in [4.78, 5) is 0. The molecule has 0 fully saturated rings. The van der Waals surface area contributed by atoms with Gasteiger partial charge in [-0.3, -0.25) is 5.84 Å². The van der Waals surface area contributed by atoms with Gasteiger partial charge in [0.15, 0.2) is 0 Å². The Morgan fingerprint density at radius 3 is 2.28 bits per heavy atom. The highest BCUT2D eigenvalue weighted by Crippen LogP contribution is 2.24. The molecule has 0 bridgehead atoms. The highest BCUT2D eigenvalue weighted by molar-refractivity contribution is 5.33. The number of nitrogens with two attached hydrogens (primary N) is 1. The summed E-state index contributed by atoms with van der Waals surface area (Å²) < 4.78 is 39.6. The standard InChI is InChI=1S/C13H11F3N2/c14-9-3-1-2-8(6-9)13(18-17)11-5-4-10(15)7-12(11)16/h1-7,13,18H,17H2. The quantitative estimate of drug-likeness (QED) is 0.651. The monoisotopic (exact) mass is 252 g/mol. The molecule has 1 atom stereocenters. The zero-order chi connectivity index (χ0) is 13.1. The molecule has 0 aliphatic carbocycles. The number of hydrogen-bond donors (Lipinski definition) is 2. The van der Waals surface area contributed by atoms with Crippen LogP contribution in [0.15, 0.2) is 42.5 Å². The van der Waals surface area contributed by atoms with Crippen molar-refractivity contribution in [2.75, 3.05) is 0 Å². The second-order valence-electron chi connectivity index (χ2n) is 3.82. The fourth-order valence-electron chi connectivity index (χ4n) is 1.79. The Bertz CT molecular complexity index is 558. The van der Waals surface area contributed by atoms with E-state index in [2.05, 4.69) is 5.43 Å². The lowest BCUT2D eigenvalue weighted by Gasteiger charge is -2.17. The zero-order valence-corrected chi connectivity index (χ0v) is 9.33. The van der Waals surface area contributed by atoms with Gasteiger partial charge in [0.1, 0.15) is 17.5 Å². The summed E-state index contributed by atoms with van der Waals surface area (Å²) in [7, 11) is 0. The van der Waals surface area contributed by atoms with E-state index in [0.29, 0.717) is 5.56 Å². The number of halogens is 3. The molecule has 0 aliphatic heterocycles. The van der Waals surface area contributed by atoms with Crippen molar-refractivity contribution in [2.45, 2.75) is 6.04 Å². The van der Waals surface area contributed by atoms with Crippen molar-refractivity contribution >= 4 is 0 Å². The average molecular weight is 252 g/mol. The van der Waals surface area contributed by atoms with Crippen molar-refractivity contribution in [3.05, 3.63) is 71.0 Å². The topological polar surface area (TPSA) is 38.0 Å². The van der Waals surface area contributed by atoms with Gasteiger partial charge in [0.2, 0.25) is 0 Å². The van der Waals surface area contributed by atoms with Crippen LogP contribution >= 0.6 is 0 Å². The molecule has 0 saturated carbocycles. The fourth-order valence-corrected chi connectivity index (χ4v) is 1.79. The van der Waals surface area contributed by atoms with Gasteiger partial charge in [0.05, 0.1) is 6.04 Å². The van der Waals surface area contributed by atoms with Crippen LogP contribution < -0.4 is 11.3 Å². The van der Waals surface area contributed by atoms with Gasteiger partial charge in [-0.05, 0) is 23.8 Å². The predicted molar refractivity (Wildman–Crippen MR) is 61.9 cm³/mol. The molecule has 2 aromatic carbocycles. The Kier molecular flexibility index (Phi) is 3.64. The fraction of sp³-hybridized carbons (Fsp3) is 0.0769. The Hall–Kier alpha value is -1.85. The van der Waals surface area contributed by atoms with E-state index in [1.807, 2.05) is 0 Å². The van der Waals surface area contributed by atoms with Crippen LogP contribution in [0.5, 0.6) is 0 Å². The highest BCUT2D eigenvalue weighted by Gasteiger charge is 2.17. The zero-order valence-electron chi connectivity index (χ0n) is 9.33. The van der Waals surface area contributed by atoms with Crippen molar-refractivity contribution in [3.63, 3.8) is 0 Å². The molecule has 2 rings (SSSR count). The second kappa shape index (κ2) is 5.20. The van der Waals surface area contributed by atoms with Crippen LogP contribution in [0.4, 0.5) is 13.2 Å². The largest absolute Gasteiger partial charge is 0.271 e. The molecular weight excluding hydrogens is 241 g/mol. The van der Waals surface area contributed by atoms with Gasteiger partial charge in [-0.15, -0.1) is 0 Å². The summed E-state index contributed by atoms with van der Waals surface area (Å²) in [5, 5.41) is 0. The summed E-state index contributed by atoms with van der Waals surface area (Å²) in [6, 6.07) is 8.06. The van der Waals surface area contributed by atoms with Crippen molar-refractivity contribution < 1.29 is 13.2 Å². The molecule has 0 radical (unpaired) electrons. The second-order valence-corrected chi connectivity index (χ2v) is 3.82. The minimum Gasteiger partial charge on any atom is -0.271 e. The van der Waals surface area contributed by atoms with Crippen molar-refractivity contribution in [3.8, 4) is 0 Å². The Labute approximate surface area is 102 Å². The maximum Gasteiger partial charge on any atom is 0.131 e. The van der Waals surface area contributed by atoms with Crippen molar-refractivity contribution in [1.29, 1.82) is 0 Å². The van der Waals surface area contributed by atoms with Crippen LogP contribution in [-0.4, -0.2) is 0 Å². The molecule has 0 spiro atoms. The van der Waals surface area contributed by atoms with Crippen molar-refractivity contribution in [1.82, 2.24) is 5.43 Å². The van der Waals surface area contributed by atoms with E-state index in [1.165, 1.54) is 24.3 Å². The van der Waals surface area contributed by atoms with Crippen LogP contribution in [-0.2, 0) is 0 Å². The first kappa shape index (κ1) is 12.6. The number of nitrogens with one attached hydrogen (secondary N) is 1. The number of hydrogen-bond acceptors (Lipinski definition) is 2. The van der Waals surface area contributed by atoms with Gasteiger partial charge in [-0.25, -0.2) is 18.6 Å². The predicted octanol–water partition coefficient (Wildman–Crippen LogP) is 2.66. The lowest BCUT2D eigenvalue weighted by atomic mass is 9.98. The minimum absolute atomic E-state index is 0.157. The Morgan fingerprint density at radius 1 is 0.944 bits per heavy atom. The first-order valence-electron chi connectivity index (χ1n) is 5.28.